The molecule has 1 N–H and O–H groups in total. The summed E-state index contributed by atoms with van der Waals surface area (Å²) in [5.41, 5.74) is 1.84. The van der Waals surface area contributed by atoms with E-state index in [0.29, 0.717) is 29.0 Å². The Morgan fingerprint density at radius 1 is 1.21 bits per heavy atom. The summed E-state index contributed by atoms with van der Waals surface area (Å²) in [4.78, 5) is 14.7. The Kier molecular flexibility index (Phi) is 4.74. The second-order valence-corrected chi connectivity index (χ2v) is 8.83. The molecule has 150 valence electrons. The van der Waals surface area contributed by atoms with Gasteiger partial charge in [0.2, 0.25) is 0 Å². The molecule has 28 heavy (non-hydrogen) atoms. The minimum atomic E-state index is -0.495. The molecule has 0 atom stereocenters. The van der Waals surface area contributed by atoms with Crippen LogP contribution in [0.2, 0.25) is 0 Å². The summed E-state index contributed by atoms with van der Waals surface area (Å²) in [5, 5.41) is 11.9. The summed E-state index contributed by atoms with van der Waals surface area (Å²) in [6.07, 6.45) is 7.44. The summed E-state index contributed by atoms with van der Waals surface area (Å²) in [6, 6.07) is 1.56. The predicted molar refractivity (Wildman–Crippen MR) is 111 cm³/mol. The number of hydrogen-bond donors (Lipinski definition) is 1. The van der Waals surface area contributed by atoms with Crippen LogP contribution in [0, 0.1) is 0 Å². The highest BCUT2D eigenvalue weighted by atomic mass is 16.5. The molecule has 3 heterocycles. The SMILES string of the molecule is CC(C)c1cc(=O)oc2c(CN3CCCCC3)c(O)c3c(c12)OC(C)(C)C=C3. The van der Waals surface area contributed by atoms with Gasteiger partial charge in [0.1, 0.15) is 17.1 Å². The maximum atomic E-state index is 12.3. The van der Waals surface area contributed by atoms with Gasteiger partial charge in [-0.3, -0.25) is 4.90 Å². The Morgan fingerprint density at radius 2 is 1.93 bits per heavy atom. The largest absolute Gasteiger partial charge is 0.507 e. The average Bonchev–Trinajstić information content (AvgIpc) is 2.64. The second kappa shape index (κ2) is 6.96. The number of piperidine rings is 1. The smallest absolute Gasteiger partial charge is 0.336 e. The lowest BCUT2D eigenvalue weighted by Crippen LogP contribution is -2.30. The van der Waals surface area contributed by atoms with E-state index in [1.54, 1.807) is 6.07 Å². The molecule has 0 unspecified atom stereocenters. The molecule has 0 spiro atoms. The molecule has 1 fully saturated rings. The van der Waals surface area contributed by atoms with Crippen molar-refractivity contribution in [2.75, 3.05) is 13.1 Å². The van der Waals surface area contributed by atoms with E-state index in [1.165, 1.54) is 6.42 Å². The molecule has 2 aliphatic rings. The molecular weight excluding hydrogens is 354 g/mol. The fraction of sp³-hybridized carbons (Fsp3) is 0.522. The normalized spacial score (nSPS) is 19.0. The fourth-order valence-electron chi connectivity index (χ4n) is 4.26. The first-order valence-corrected chi connectivity index (χ1v) is 10.2. The lowest BCUT2D eigenvalue weighted by molar-refractivity contribution is 0.160. The molecule has 5 nitrogen and oxygen atoms in total. The molecule has 1 aromatic heterocycles. The first kappa shape index (κ1) is 19.1. The standard InChI is InChI=1S/C23H29NO4/c1-14(2)16-12-18(25)27-21-17(13-24-10-6-5-7-11-24)20(26)15-8-9-23(3,4)28-22(15)19(16)21/h8-9,12,14,26H,5-7,10-11,13H2,1-4H3. The number of rotatable bonds is 3. The number of likely N-dealkylation sites (tertiary alicyclic amines) is 1. The topological polar surface area (TPSA) is 62.9 Å². The van der Waals surface area contributed by atoms with E-state index in [-0.39, 0.29) is 17.3 Å². The maximum Gasteiger partial charge on any atom is 0.336 e. The summed E-state index contributed by atoms with van der Waals surface area (Å²) >= 11 is 0. The van der Waals surface area contributed by atoms with E-state index in [4.69, 9.17) is 9.15 Å². The molecule has 5 heteroatoms. The van der Waals surface area contributed by atoms with E-state index in [1.807, 2.05) is 26.0 Å². The number of nitrogens with zero attached hydrogens (tertiary/aromatic N) is 1. The van der Waals surface area contributed by atoms with Crippen molar-refractivity contribution in [3.63, 3.8) is 0 Å². The molecule has 2 aliphatic heterocycles. The van der Waals surface area contributed by atoms with E-state index in [9.17, 15) is 9.90 Å². The van der Waals surface area contributed by atoms with Crippen LogP contribution in [0.5, 0.6) is 11.5 Å². The zero-order valence-corrected chi connectivity index (χ0v) is 17.2. The summed E-state index contributed by atoms with van der Waals surface area (Å²) in [7, 11) is 0. The third-order valence-electron chi connectivity index (χ3n) is 5.75. The number of ether oxygens (including phenoxy) is 1. The number of fused-ring (bicyclic) bond motifs is 3. The molecule has 1 aromatic carbocycles. The lowest BCUT2D eigenvalue weighted by atomic mass is 9.91. The van der Waals surface area contributed by atoms with Gasteiger partial charge in [0.05, 0.1) is 16.5 Å². The first-order valence-electron chi connectivity index (χ1n) is 10.2. The van der Waals surface area contributed by atoms with Gasteiger partial charge >= 0.3 is 5.63 Å². The van der Waals surface area contributed by atoms with Crippen LogP contribution in [0.4, 0.5) is 0 Å². The van der Waals surface area contributed by atoms with Crippen molar-refractivity contribution in [2.45, 2.75) is 65.0 Å². The number of phenolic OH excluding ortho intramolecular Hbond substituents is 1. The molecular formula is C23H29NO4. The van der Waals surface area contributed by atoms with Crippen molar-refractivity contribution in [3.05, 3.63) is 39.3 Å². The van der Waals surface area contributed by atoms with Crippen LogP contribution in [-0.2, 0) is 6.54 Å². The molecule has 0 bridgehead atoms. The molecule has 1 saturated heterocycles. The Bertz CT molecular complexity index is 994. The van der Waals surface area contributed by atoms with Crippen molar-refractivity contribution in [1.82, 2.24) is 4.90 Å². The number of aromatic hydroxyl groups is 1. The Balaban J connectivity index is 2.01. The molecule has 0 amide bonds. The minimum absolute atomic E-state index is 0.126. The van der Waals surface area contributed by atoms with E-state index in [2.05, 4.69) is 18.7 Å². The van der Waals surface area contributed by atoms with Crippen LogP contribution in [-0.4, -0.2) is 28.7 Å². The summed E-state index contributed by atoms with van der Waals surface area (Å²) in [5.74, 6) is 0.888. The Morgan fingerprint density at radius 3 is 2.61 bits per heavy atom. The summed E-state index contributed by atoms with van der Waals surface area (Å²) in [6.45, 7) is 10.6. The van der Waals surface area contributed by atoms with E-state index >= 15 is 0 Å². The van der Waals surface area contributed by atoms with Crippen LogP contribution in [0.1, 0.15) is 69.6 Å². The Labute approximate surface area is 165 Å². The zero-order valence-electron chi connectivity index (χ0n) is 17.2. The van der Waals surface area contributed by atoms with Gasteiger partial charge in [0.15, 0.2) is 5.58 Å². The third-order valence-corrected chi connectivity index (χ3v) is 5.75. The van der Waals surface area contributed by atoms with Crippen LogP contribution >= 0.6 is 0 Å². The minimum Gasteiger partial charge on any atom is -0.507 e. The van der Waals surface area contributed by atoms with E-state index in [0.717, 1.165) is 36.9 Å². The van der Waals surface area contributed by atoms with Crippen molar-refractivity contribution < 1.29 is 14.3 Å². The first-order chi connectivity index (χ1) is 13.3. The molecule has 2 aromatic rings. The zero-order chi connectivity index (χ0) is 20.1. The van der Waals surface area contributed by atoms with Gasteiger partial charge in [0.25, 0.3) is 0 Å². The highest BCUT2D eigenvalue weighted by molar-refractivity contribution is 5.96. The van der Waals surface area contributed by atoms with Crippen LogP contribution in [0.3, 0.4) is 0 Å². The van der Waals surface area contributed by atoms with Gasteiger partial charge < -0.3 is 14.3 Å². The highest BCUT2D eigenvalue weighted by Crippen LogP contribution is 2.47. The quantitative estimate of drug-likeness (QED) is 0.772. The average molecular weight is 383 g/mol. The molecule has 0 saturated carbocycles. The molecule has 0 radical (unpaired) electrons. The van der Waals surface area contributed by atoms with Crippen molar-refractivity contribution in [1.29, 1.82) is 0 Å². The molecule has 0 aliphatic carbocycles. The fourth-order valence-corrected chi connectivity index (χ4v) is 4.26. The van der Waals surface area contributed by atoms with Gasteiger partial charge in [-0.05, 0) is 63.4 Å². The monoisotopic (exact) mass is 383 g/mol. The van der Waals surface area contributed by atoms with Gasteiger partial charge in [-0.15, -0.1) is 0 Å². The molecule has 4 rings (SSSR count). The lowest BCUT2D eigenvalue weighted by Gasteiger charge is -2.32. The van der Waals surface area contributed by atoms with Crippen molar-refractivity contribution in [2.24, 2.45) is 0 Å². The van der Waals surface area contributed by atoms with E-state index < -0.39 is 5.60 Å². The number of hydrogen-bond acceptors (Lipinski definition) is 5. The van der Waals surface area contributed by atoms with Crippen LogP contribution < -0.4 is 10.4 Å². The van der Waals surface area contributed by atoms with Gasteiger partial charge in [-0.1, -0.05) is 20.3 Å². The van der Waals surface area contributed by atoms with Gasteiger partial charge in [-0.25, -0.2) is 4.79 Å². The number of benzene rings is 1. The van der Waals surface area contributed by atoms with Crippen LogP contribution in [0.25, 0.3) is 17.0 Å². The number of phenols is 1. The van der Waals surface area contributed by atoms with Crippen molar-refractivity contribution in [3.8, 4) is 11.5 Å². The summed E-state index contributed by atoms with van der Waals surface area (Å²) < 4.78 is 12.0. The highest BCUT2D eigenvalue weighted by Gasteiger charge is 2.31. The van der Waals surface area contributed by atoms with Gasteiger partial charge in [-0.2, -0.15) is 0 Å². The third kappa shape index (κ3) is 3.32. The second-order valence-electron chi connectivity index (χ2n) is 8.83. The van der Waals surface area contributed by atoms with Crippen molar-refractivity contribution >= 4 is 17.0 Å². The Hall–Kier alpha value is -2.27. The predicted octanol–water partition coefficient (Wildman–Crippen LogP) is 4.79. The van der Waals surface area contributed by atoms with Gasteiger partial charge in [0, 0.05) is 12.6 Å². The van der Waals surface area contributed by atoms with Crippen LogP contribution in [0.15, 0.2) is 21.4 Å². The maximum absolute atomic E-state index is 12.3.